The third-order valence-electron chi connectivity index (χ3n) is 11.7. The van der Waals surface area contributed by atoms with Gasteiger partial charge in [-0.05, 0) is 132 Å². The van der Waals surface area contributed by atoms with E-state index in [9.17, 15) is 14.4 Å². The molecule has 0 saturated heterocycles. The van der Waals surface area contributed by atoms with Crippen molar-refractivity contribution in [2.45, 2.75) is 52.1 Å². The van der Waals surface area contributed by atoms with Crippen LogP contribution in [0, 0.1) is 0 Å². The number of hydrogen-bond acceptors (Lipinski definition) is 12. The Morgan fingerprint density at radius 2 is 1.09 bits per heavy atom. The van der Waals surface area contributed by atoms with Gasteiger partial charge >= 0.3 is 0 Å². The first-order chi connectivity index (χ1) is 32.3. The predicted molar refractivity (Wildman–Crippen MR) is 255 cm³/mol. The van der Waals surface area contributed by atoms with Crippen molar-refractivity contribution in [1.82, 2.24) is 87.8 Å². The number of amides is 3. The molecule has 3 aliphatic heterocycles. The van der Waals surface area contributed by atoms with E-state index in [1.165, 1.54) is 0 Å². The summed E-state index contributed by atoms with van der Waals surface area (Å²) < 4.78 is 14.2. The maximum atomic E-state index is 12.9. The minimum absolute atomic E-state index is 0.0924. The Kier molecular flexibility index (Phi) is 12.3. The summed E-state index contributed by atoms with van der Waals surface area (Å²) in [6.45, 7) is 8.19. The van der Waals surface area contributed by atoms with Gasteiger partial charge in [-0.25, -0.2) is 13.5 Å². The van der Waals surface area contributed by atoms with Crippen LogP contribution < -0.4 is 0 Å². The van der Waals surface area contributed by atoms with Crippen molar-refractivity contribution in [3.63, 3.8) is 0 Å². The Hall–Kier alpha value is -5.89. The molecule has 0 aliphatic carbocycles. The fraction of sp³-hybridized carbons (Fsp3) is 0.268. The van der Waals surface area contributed by atoms with Gasteiger partial charge < -0.3 is 28.4 Å². The number of pyridine rings is 3. The summed E-state index contributed by atoms with van der Waals surface area (Å²) in [6.07, 6.45) is 7.04. The molecule has 9 aromatic heterocycles. The average molecular weight is 1180 g/mol. The molecule has 2 unspecified atom stereocenters. The second kappa shape index (κ2) is 18.3. The van der Waals surface area contributed by atoms with Crippen LogP contribution in [0.2, 0.25) is 5.02 Å². The summed E-state index contributed by atoms with van der Waals surface area (Å²) in [5, 5.41) is 37.9. The standard InChI is InChI=1S/C14H12Br2N6O.C14H13ClN6O.C13H10Br2N6O/c1-8-12-17-18-14(16)21(12)5-4-20(8)13(23)11-6-10-3-2-9(15)7-22(10)19-11;1-9-13-17-16-8-19(13)4-5-20(9)14(22)12-6-11-3-2-10(15)7-21(11)18-12;14-8-1-2-9-5-10(18-21(9)6-8)12(22)19-3-4-20-11(7-19)16-17-13(20)15/h2-3,6-8H,4-5H2,1H3;2-3,6-9H,4-5H2,1H3;1-2,5-6H,3-4,7H2. The molecule has 9 aromatic rings. The van der Waals surface area contributed by atoms with Crippen molar-refractivity contribution in [1.29, 1.82) is 0 Å². The maximum absolute atomic E-state index is 12.9. The van der Waals surface area contributed by atoms with Crippen molar-refractivity contribution in [2.75, 3.05) is 19.6 Å². The van der Waals surface area contributed by atoms with E-state index in [2.05, 4.69) is 110 Å². The van der Waals surface area contributed by atoms with E-state index in [1.54, 1.807) is 65.0 Å². The zero-order valence-electron chi connectivity index (χ0n) is 35.3. The number of aromatic nitrogens is 15. The summed E-state index contributed by atoms with van der Waals surface area (Å²) in [5.74, 6) is 2.06. The van der Waals surface area contributed by atoms with Gasteiger partial charge in [-0.15, -0.1) is 30.6 Å². The normalized spacial score (nSPS) is 16.6. The highest BCUT2D eigenvalue weighted by Crippen LogP contribution is 2.29. The molecule has 12 rings (SSSR count). The lowest BCUT2D eigenvalue weighted by atomic mass is 10.2. The molecule has 2 atom stereocenters. The Morgan fingerprint density at radius 3 is 1.73 bits per heavy atom. The number of carbonyl (C=O) groups is 3. The molecule has 0 fully saturated rings. The van der Waals surface area contributed by atoms with Gasteiger partial charge in [0.05, 0.1) is 40.2 Å². The molecule has 26 heteroatoms. The minimum Gasteiger partial charge on any atom is -0.328 e. The van der Waals surface area contributed by atoms with Crippen molar-refractivity contribution in [3.8, 4) is 0 Å². The summed E-state index contributed by atoms with van der Waals surface area (Å²) in [7, 11) is 0. The molecule has 0 radical (unpaired) electrons. The van der Waals surface area contributed by atoms with E-state index in [0.29, 0.717) is 77.4 Å². The number of nitrogens with zero attached hydrogens (tertiary/aromatic N) is 18. The topological polar surface area (TPSA) is 205 Å². The number of halogens is 5. The summed E-state index contributed by atoms with van der Waals surface area (Å²) in [4.78, 5) is 43.5. The molecular formula is C41H35Br4ClN18O3. The second-order valence-corrected chi connectivity index (χ2v) is 19.4. The Labute approximate surface area is 418 Å². The molecule has 0 saturated carbocycles. The van der Waals surface area contributed by atoms with E-state index in [1.807, 2.05) is 70.3 Å². The van der Waals surface area contributed by atoms with Gasteiger partial charge in [0.25, 0.3) is 17.7 Å². The number of hydrogen-bond donors (Lipinski definition) is 0. The highest BCUT2D eigenvalue weighted by atomic mass is 79.9. The molecule has 342 valence electrons. The summed E-state index contributed by atoms with van der Waals surface area (Å²) in [6, 6.07) is 16.4. The summed E-state index contributed by atoms with van der Waals surface area (Å²) >= 11 is 19.5. The highest BCUT2D eigenvalue weighted by Gasteiger charge is 2.34. The molecule has 21 nitrogen and oxygen atoms in total. The van der Waals surface area contributed by atoms with Crippen LogP contribution in [0.3, 0.4) is 0 Å². The highest BCUT2D eigenvalue weighted by molar-refractivity contribution is 9.11. The maximum Gasteiger partial charge on any atom is 0.275 e. The molecule has 3 aliphatic rings. The van der Waals surface area contributed by atoms with Gasteiger partial charge in [0.2, 0.25) is 0 Å². The quantitative estimate of drug-likeness (QED) is 0.184. The fourth-order valence-corrected chi connectivity index (χ4v) is 9.87. The van der Waals surface area contributed by atoms with Gasteiger partial charge in [-0.1, -0.05) is 11.6 Å². The van der Waals surface area contributed by atoms with Crippen LogP contribution in [0.15, 0.2) is 97.9 Å². The SMILES string of the molecule is CC1c2nnc(Br)n2CCN1C(=O)c1cc2ccc(Br)cn2n1.CC1c2nncn2CCN1C(=O)c1cc2ccc(Cl)cn2n1.O=C(c1cc2ccc(Br)cn2n1)N1CCn2c(Br)nnc2C1. The van der Waals surface area contributed by atoms with Gasteiger partial charge in [0.1, 0.15) is 6.33 Å². The van der Waals surface area contributed by atoms with Gasteiger partial charge in [0.15, 0.2) is 44.0 Å². The van der Waals surface area contributed by atoms with Crippen LogP contribution in [0.5, 0.6) is 0 Å². The lowest BCUT2D eigenvalue weighted by Crippen LogP contribution is -2.41. The summed E-state index contributed by atoms with van der Waals surface area (Å²) in [5.41, 5.74) is 3.87. The van der Waals surface area contributed by atoms with Gasteiger partial charge in [-0.2, -0.15) is 15.3 Å². The van der Waals surface area contributed by atoms with Crippen LogP contribution in [0.4, 0.5) is 0 Å². The van der Waals surface area contributed by atoms with E-state index in [-0.39, 0.29) is 29.8 Å². The van der Waals surface area contributed by atoms with E-state index < -0.39 is 0 Å². The van der Waals surface area contributed by atoms with E-state index in [4.69, 9.17) is 11.6 Å². The zero-order chi connectivity index (χ0) is 46.7. The molecule has 0 N–H and O–H groups in total. The lowest BCUT2D eigenvalue weighted by Gasteiger charge is -2.32. The van der Waals surface area contributed by atoms with Crippen LogP contribution in [-0.4, -0.2) is 125 Å². The number of fused-ring (bicyclic) bond motifs is 6. The largest absolute Gasteiger partial charge is 0.328 e. The minimum atomic E-state index is -0.147. The third kappa shape index (κ3) is 8.77. The smallest absolute Gasteiger partial charge is 0.275 e. The first-order valence-corrected chi connectivity index (χ1v) is 24.2. The van der Waals surface area contributed by atoms with Crippen molar-refractivity contribution in [3.05, 3.63) is 138 Å². The third-order valence-corrected chi connectivity index (χ3v) is 14.0. The van der Waals surface area contributed by atoms with Gasteiger partial charge in [-0.3, -0.25) is 14.4 Å². The van der Waals surface area contributed by atoms with Crippen LogP contribution in [0.25, 0.3) is 16.6 Å². The van der Waals surface area contributed by atoms with Gasteiger partial charge in [0, 0.05) is 66.8 Å². The van der Waals surface area contributed by atoms with Crippen molar-refractivity contribution >= 4 is 110 Å². The molecule has 0 bridgehead atoms. The number of rotatable bonds is 3. The molecular weight excluding hydrogens is 1150 g/mol. The average Bonchev–Trinajstić information content (AvgIpc) is 4.19. The van der Waals surface area contributed by atoms with E-state index >= 15 is 0 Å². The van der Waals surface area contributed by atoms with Crippen molar-refractivity contribution < 1.29 is 14.4 Å². The van der Waals surface area contributed by atoms with Crippen LogP contribution in [-0.2, 0) is 26.2 Å². The zero-order valence-corrected chi connectivity index (χ0v) is 42.4. The predicted octanol–water partition coefficient (Wildman–Crippen LogP) is 6.57. The number of carbonyl (C=O) groups excluding carboxylic acids is 3. The monoisotopic (exact) mass is 1180 g/mol. The first kappa shape index (κ1) is 44.9. The molecule has 3 amide bonds. The van der Waals surface area contributed by atoms with Crippen LogP contribution >= 0.6 is 75.3 Å². The Balaban J connectivity index is 0.000000118. The second-order valence-electron chi connectivity index (χ2n) is 15.7. The molecule has 12 heterocycles. The fourth-order valence-electron chi connectivity index (χ4n) is 8.16. The lowest BCUT2D eigenvalue weighted by molar-refractivity contribution is 0.0623. The molecule has 0 aromatic carbocycles. The molecule has 0 spiro atoms. The van der Waals surface area contributed by atoms with Crippen molar-refractivity contribution in [2.24, 2.45) is 0 Å². The molecule has 67 heavy (non-hydrogen) atoms. The van der Waals surface area contributed by atoms with E-state index in [0.717, 1.165) is 43.0 Å². The Morgan fingerprint density at radius 1 is 0.567 bits per heavy atom. The first-order valence-electron chi connectivity index (χ1n) is 20.7. The van der Waals surface area contributed by atoms with Crippen LogP contribution in [0.1, 0.15) is 74.9 Å². The Bertz CT molecular complexity index is 3370.